The number of aliphatic hydroxyl groups is 1. The van der Waals surface area contributed by atoms with Crippen LogP contribution in [0.3, 0.4) is 0 Å². The number of rotatable bonds is 9. The fourth-order valence-corrected chi connectivity index (χ4v) is 3.69. The van der Waals surface area contributed by atoms with Crippen molar-refractivity contribution in [2.24, 2.45) is 0 Å². The van der Waals surface area contributed by atoms with Crippen LogP contribution < -0.4 is 0 Å². The molecule has 0 aliphatic carbocycles. The maximum Gasteiger partial charge on any atom is 0.369 e. The zero-order chi connectivity index (χ0) is 18.9. The fraction of sp³-hybridized carbons (Fsp3) is 1.00. The van der Waals surface area contributed by atoms with Gasteiger partial charge in [-0.3, -0.25) is 9.13 Å². The summed E-state index contributed by atoms with van der Waals surface area (Å²) in [4.78, 5) is 39.5. The van der Waals surface area contributed by atoms with Crippen molar-refractivity contribution in [2.75, 3.05) is 41.3 Å². The first-order valence-electron chi connectivity index (χ1n) is 7.32. The lowest BCUT2D eigenvalue weighted by Gasteiger charge is -2.30. The molecule has 142 valence electrons. The molecule has 11 heteroatoms. The van der Waals surface area contributed by atoms with Gasteiger partial charge in [-0.15, -0.1) is 0 Å². The molecule has 0 unspecified atom stereocenters. The Kier molecular flexibility index (Phi) is 12.1. The Labute approximate surface area is 138 Å². The Morgan fingerprint density at radius 1 is 0.870 bits per heavy atom. The number of hydrogen-bond acceptors (Lipinski definition) is 5. The third-order valence-electron chi connectivity index (χ3n) is 2.91. The van der Waals surface area contributed by atoms with Crippen molar-refractivity contribution in [3.8, 4) is 0 Å². The summed E-state index contributed by atoms with van der Waals surface area (Å²) in [7, 11) is -3.00. The van der Waals surface area contributed by atoms with Crippen LogP contribution in [0.2, 0.25) is 0 Å². The van der Waals surface area contributed by atoms with Gasteiger partial charge < -0.3 is 34.5 Å². The number of nitrogens with zero attached hydrogens (tertiary/aromatic N) is 2. The van der Waals surface area contributed by atoms with Gasteiger partial charge in [0.25, 0.3) is 5.08 Å². The van der Waals surface area contributed by atoms with E-state index >= 15 is 0 Å². The Morgan fingerprint density at radius 2 is 1.26 bits per heavy atom. The highest BCUT2D eigenvalue weighted by molar-refractivity contribution is 7.72. The fourth-order valence-electron chi connectivity index (χ4n) is 1.55. The molecule has 0 heterocycles. The van der Waals surface area contributed by atoms with Crippen LogP contribution in [0, 0.1) is 0 Å². The van der Waals surface area contributed by atoms with E-state index < -0.39 is 26.7 Å². The average molecular weight is 378 g/mol. The molecule has 0 aromatic heterocycles. The minimum Gasteiger partial charge on any atom is -0.367 e. The van der Waals surface area contributed by atoms with Crippen LogP contribution in [0.5, 0.6) is 0 Å². The molecule has 0 atom stereocenters. The maximum absolute atomic E-state index is 11.1. The van der Waals surface area contributed by atoms with Crippen molar-refractivity contribution in [1.29, 1.82) is 0 Å². The molecule has 0 saturated heterocycles. The van der Waals surface area contributed by atoms with Gasteiger partial charge in [0.05, 0.1) is 0 Å². The van der Waals surface area contributed by atoms with Crippen LogP contribution in [0.1, 0.15) is 32.6 Å². The van der Waals surface area contributed by atoms with Crippen molar-refractivity contribution in [3.63, 3.8) is 0 Å². The van der Waals surface area contributed by atoms with E-state index in [1.807, 2.05) is 33.0 Å². The molecule has 0 rings (SSSR count). The molecule has 0 saturated carbocycles. The molecule has 0 aliphatic rings. The number of unbranched alkanes of at least 4 members (excludes halogenated alkanes) is 2. The van der Waals surface area contributed by atoms with Crippen molar-refractivity contribution in [3.05, 3.63) is 0 Å². The van der Waals surface area contributed by atoms with Crippen molar-refractivity contribution in [1.82, 2.24) is 9.80 Å². The largest absolute Gasteiger partial charge is 0.369 e. The van der Waals surface area contributed by atoms with Crippen LogP contribution >= 0.6 is 15.2 Å². The van der Waals surface area contributed by atoms with Crippen LogP contribution in [0.15, 0.2) is 0 Å². The maximum atomic E-state index is 11.1. The van der Waals surface area contributed by atoms with Gasteiger partial charge in [0.2, 0.25) is 0 Å². The van der Waals surface area contributed by atoms with E-state index in [0.717, 1.165) is 19.3 Å². The second-order valence-electron chi connectivity index (χ2n) is 5.96. The molecular formula is C12H32N2O7P2. The second kappa shape index (κ2) is 10.9. The van der Waals surface area contributed by atoms with Gasteiger partial charge in [-0.1, -0.05) is 19.8 Å². The summed E-state index contributed by atoms with van der Waals surface area (Å²) in [6.45, 7) is 2.64. The quantitative estimate of drug-likeness (QED) is 0.289. The van der Waals surface area contributed by atoms with Crippen molar-refractivity contribution >= 4 is 15.2 Å². The third kappa shape index (κ3) is 10.6. The van der Waals surface area contributed by atoms with E-state index in [1.54, 1.807) is 11.9 Å². The second-order valence-corrected chi connectivity index (χ2v) is 9.97. The lowest BCUT2D eigenvalue weighted by molar-refractivity contribution is 0.112. The summed E-state index contributed by atoms with van der Waals surface area (Å²) >= 11 is 0. The monoisotopic (exact) mass is 378 g/mol. The highest BCUT2D eigenvalue weighted by Gasteiger charge is 2.58. The molecule has 9 nitrogen and oxygen atoms in total. The predicted octanol–water partition coefficient (Wildman–Crippen LogP) is 0.678. The standard InChI is InChI=1S/C9H23NO7P2.C3H9N/c1-3-4-5-7-10(2)8-6-9(11,18(12,13)14)19(15,16)17;1-4(2)3/h11H,3-8H2,1-2H3,(H2,12,13,14)(H2,15,16,17);1-3H3. The van der Waals surface area contributed by atoms with Gasteiger partial charge in [-0.25, -0.2) is 0 Å². The SMILES string of the molecule is CCCCCN(C)CCC(O)(P(=O)(O)O)P(=O)(O)O.CN(C)C. The lowest BCUT2D eigenvalue weighted by atomic mass is 10.2. The van der Waals surface area contributed by atoms with Crippen molar-refractivity contribution in [2.45, 2.75) is 37.7 Å². The molecule has 0 aromatic rings. The van der Waals surface area contributed by atoms with Gasteiger partial charge in [0.1, 0.15) is 0 Å². The minimum atomic E-state index is -5.33. The first-order valence-corrected chi connectivity index (χ1v) is 10.5. The van der Waals surface area contributed by atoms with Gasteiger partial charge in [0.15, 0.2) is 0 Å². The molecule has 0 bridgehead atoms. The highest BCUT2D eigenvalue weighted by Crippen LogP contribution is 2.68. The molecule has 0 spiro atoms. The smallest absolute Gasteiger partial charge is 0.367 e. The normalized spacial score (nSPS) is 13.2. The Hall–Kier alpha value is 0.180. The molecule has 0 aliphatic heterocycles. The van der Waals surface area contributed by atoms with Crippen LogP contribution in [0.4, 0.5) is 0 Å². The van der Waals surface area contributed by atoms with E-state index in [9.17, 15) is 14.2 Å². The summed E-state index contributed by atoms with van der Waals surface area (Å²) < 4.78 is 22.2. The van der Waals surface area contributed by atoms with E-state index in [2.05, 4.69) is 0 Å². The zero-order valence-corrected chi connectivity index (χ0v) is 16.4. The van der Waals surface area contributed by atoms with Gasteiger partial charge in [0, 0.05) is 13.0 Å². The highest BCUT2D eigenvalue weighted by atomic mass is 31.2. The molecule has 23 heavy (non-hydrogen) atoms. The van der Waals surface area contributed by atoms with E-state index in [0.29, 0.717) is 6.54 Å². The topological polar surface area (TPSA) is 142 Å². The Balaban J connectivity index is 0. The molecule has 5 N–H and O–H groups in total. The minimum absolute atomic E-state index is 0.0174. The summed E-state index contributed by atoms with van der Waals surface area (Å²) in [6.07, 6.45) is 2.19. The van der Waals surface area contributed by atoms with Crippen LogP contribution in [-0.2, 0) is 9.13 Å². The lowest BCUT2D eigenvalue weighted by Crippen LogP contribution is -2.34. The molecular weight excluding hydrogens is 346 g/mol. The summed E-state index contributed by atoms with van der Waals surface area (Å²) in [5.41, 5.74) is 0. The van der Waals surface area contributed by atoms with E-state index in [1.165, 1.54) is 0 Å². The predicted molar refractivity (Wildman–Crippen MR) is 90.3 cm³/mol. The van der Waals surface area contributed by atoms with Gasteiger partial charge in [-0.2, -0.15) is 0 Å². The summed E-state index contributed by atoms with van der Waals surface area (Å²) in [5, 5.41) is 6.35. The first-order chi connectivity index (χ1) is 10.2. The third-order valence-corrected chi connectivity index (χ3v) is 6.78. The van der Waals surface area contributed by atoms with Crippen molar-refractivity contribution < 1.29 is 33.8 Å². The number of hydrogen-bond donors (Lipinski definition) is 5. The van der Waals surface area contributed by atoms with E-state index in [-0.39, 0.29) is 6.54 Å². The van der Waals surface area contributed by atoms with Crippen LogP contribution in [0.25, 0.3) is 0 Å². The zero-order valence-electron chi connectivity index (χ0n) is 14.6. The molecule has 0 radical (unpaired) electrons. The first kappa shape index (κ1) is 25.4. The average Bonchev–Trinajstić information content (AvgIpc) is 2.32. The Morgan fingerprint density at radius 3 is 1.57 bits per heavy atom. The van der Waals surface area contributed by atoms with E-state index in [4.69, 9.17) is 19.6 Å². The Bertz CT molecular complexity index is 383. The summed E-state index contributed by atoms with van der Waals surface area (Å²) in [6, 6.07) is 0. The molecule has 0 aromatic carbocycles. The van der Waals surface area contributed by atoms with Gasteiger partial charge >= 0.3 is 15.2 Å². The molecule has 0 amide bonds. The van der Waals surface area contributed by atoms with Crippen LogP contribution in [-0.4, -0.2) is 80.8 Å². The molecule has 0 fully saturated rings. The summed E-state index contributed by atoms with van der Waals surface area (Å²) in [5.74, 6) is 0. The van der Waals surface area contributed by atoms with Gasteiger partial charge in [-0.05, 0) is 41.2 Å².